The zero-order chi connectivity index (χ0) is 13.9. The maximum Gasteiger partial charge on any atom is 0.156 e. The molecule has 0 amide bonds. The van der Waals surface area contributed by atoms with E-state index in [0.29, 0.717) is 5.02 Å². The molecule has 0 saturated carbocycles. The second-order valence-corrected chi connectivity index (χ2v) is 4.92. The Hall–Kier alpha value is -2.13. The molecule has 1 N–H and O–H groups in total. The monoisotopic (exact) mass is 283 g/mol. The molecule has 1 aromatic heterocycles. The predicted octanol–water partition coefficient (Wildman–Crippen LogP) is 4.38. The van der Waals surface area contributed by atoms with Crippen molar-refractivity contribution in [1.82, 2.24) is 10.2 Å². The molecule has 0 atom stereocenters. The minimum atomic E-state index is 0.698. The van der Waals surface area contributed by atoms with Crippen molar-refractivity contribution in [2.75, 3.05) is 11.9 Å². The SMILES string of the molecule is CCNc1nnc(-c2cccc(Cl)c2)c2ccccc12. The van der Waals surface area contributed by atoms with Crippen molar-refractivity contribution in [2.45, 2.75) is 6.92 Å². The second kappa shape index (κ2) is 5.47. The Morgan fingerprint density at radius 3 is 2.55 bits per heavy atom. The van der Waals surface area contributed by atoms with Crippen molar-refractivity contribution in [3.05, 3.63) is 53.6 Å². The van der Waals surface area contributed by atoms with Gasteiger partial charge in [-0.25, -0.2) is 0 Å². The number of rotatable bonds is 3. The molecule has 20 heavy (non-hydrogen) atoms. The lowest BCUT2D eigenvalue weighted by Crippen LogP contribution is -2.02. The van der Waals surface area contributed by atoms with Gasteiger partial charge in [0.25, 0.3) is 0 Å². The standard InChI is InChI=1S/C16H14ClN3/c1-2-18-16-14-9-4-3-8-13(14)15(19-20-16)11-6-5-7-12(17)10-11/h3-10H,2H2,1H3,(H,18,20). The Morgan fingerprint density at radius 2 is 1.80 bits per heavy atom. The van der Waals surface area contributed by atoms with Crippen molar-refractivity contribution in [3.8, 4) is 11.3 Å². The molecule has 0 aliphatic heterocycles. The summed E-state index contributed by atoms with van der Waals surface area (Å²) in [4.78, 5) is 0. The average Bonchev–Trinajstić information content (AvgIpc) is 2.48. The summed E-state index contributed by atoms with van der Waals surface area (Å²) in [6, 6.07) is 15.8. The van der Waals surface area contributed by atoms with E-state index in [2.05, 4.69) is 27.6 Å². The van der Waals surface area contributed by atoms with Crippen LogP contribution in [0.3, 0.4) is 0 Å². The molecule has 0 aliphatic carbocycles. The highest BCUT2D eigenvalue weighted by molar-refractivity contribution is 6.30. The molecular weight excluding hydrogens is 270 g/mol. The summed E-state index contributed by atoms with van der Waals surface area (Å²) in [6.45, 7) is 2.86. The number of nitrogens with one attached hydrogen (secondary N) is 1. The highest BCUT2D eigenvalue weighted by atomic mass is 35.5. The third-order valence-electron chi connectivity index (χ3n) is 3.13. The topological polar surface area (TPSA) is 37.8 Å². The lowest BCUT2D eigenvalue weighted by atomic mass is 10.0. The molecule has 0 fully saturated rings. The van der Waals surface area contributed by atoms with Gasteiger partial charge in [-0.2, -0.15) is 0 Å². The highest BCUT2D eigenvalue weighted by Gasteiger charge is 2.10. The van der Waals surface area contributed by atoms with Gasteiger partial charge >= 0.3 is 0 Å². The van der Waals surface area contributed by atoms with Gasteiger partial charge in [-0.3, -0.25) is 0 Å². The Morgan fingerprint density at radius 1 is 1.00 bits per heavy atom. The largest absolute Gasteiger partial charge is 0.368 e. The molecule has 0 aliphatic rings. The molecule has 1 heterocycles. The van der Waals surface area contributed by atoms with Gasteiger partial charge in [-0.05, 0) is 19.1 Å². The van der Waals surface area contributed by atoms with E-state index < -0.39 is 0 Å². The molecule has 3 aromatic rings. The zero-order valence-corrected chi connectivity index (χ0v) is 11.9. The van der Waals surface area contributed by atoms with Crippen LogP contribution in [0.4, 0.5) is 5.82 Å². The summed E-state index contributed by atoms with van der Waals surface area (Å²) in [6.07, 6.45) is 0. The van der Waals surface area contributed by atoms with E-state index in [1.807, 2.05) is 43.3 Å². The van der Waals surface area contributed by atoms with Crippen LogP contribution >= 0.6 is 11.6 Å². The fourth-order valence-electron chi connectivity index (χ4n) is 2.25. The molecule has 0 spiro atoms. The number of halogens is 1. The molecule has 0 radical (unpaired) electrons. The van der Waals surface area contributed by atoms with Crippen LogP contribution in [-0.2, 0) is 0 Å². The molecule has 3 nitrogen and oxygen atoms in total. The molecule has 0 bridgehead atoms. The van der Waals surface area contributed by atoms with Crippen molar-refractivity contribution in [1.29, 1.82) is 0 Å². The molecule has 100 valence electrons. The van der Waals surface area contributed by atoms with Crippen molar-refractivity contribution in [2.24, 2.45) is 0 Å². The lowest BCUT2D eigenvalue weighted by molar-refractivity contribution is 1.03. The molecule has 4 heteroatoms. The van der Waals surface area contributed by atoms with E-state index >= 15 is 0 Å². The van der Waals surface area contributed by atoms with Crippen LogP contribution in [-0.4, -0.2) is 16.7 Å². The van der Waals surface area contributed by atoms with Gasteiger partial charge in [0.15, 0.2) is 5.82 Å². The Kier molecular flexibility index (Phi) is 3.52. The smallest absolute Gasteiger partial charge is 0.156 e. The molecular formula is C16H14ClN3. The van der Waals surface area contributed by atoms with E-state index in [-0.39, 0.29) is 0 Å². The van der Waals surface area contributed by atoms with Crippen LogP contribution in [0, 0.1) is 0 Å². The minimum Gasteiger partial charge on any atom is -0.368 e. The predicted molar refractivity (Wildman–Crippen MR) is 84.1 cm³/mol. The van der Waals surface area contributed by atoms with Crippen LogP contribution in [0.15, 0.2) is 48.5 Å². The number of nitrogens with zero attached hydrogens (tertiary/aromatic N) is 2. The fourth-order valence-corrected chi connectivity index (χ4v) is 2.44. The van der Waals surface area contributed by atoms with Gasteiger partial charge in [0.05, 0.1) is 0 Å². The van der Waals surface area contributed by atoms with Crippen LogP contribution in [0.5, 0.6) is 0 Å². The normalized spacial score (nSPS) is 10.7. The Balaban J connectivity index is 2.25. The first-order valence-electron chi connectivity index (χ1n) is 6.55. The summed E-state index contributed by atoms with van der Waals surface area (Å²) < 4.78 is 0. The van der Waals surface area contributed by atoms with Crippen molar-refractivity contribution >= 4 is 28.2 Å². The summed E-state index contributed by atoms with van der Waals surface area (Å²) in [5, 5.41) is 14.7. The van der Waals surface area contributed by atoms with E-state index in [4.69, 9.17) is 11.6 Å². The fraction of sp³-hybridized carbons (Fsp3) is 0.125. The first kappa shape index (κ1) is 12.9. The number of aromatic nitrogens is 2. The van der Waals surface area contributed by atoms with Crippen LogP contribution in [0.2, 0.25) is 5.02 Å². The number of benzene rings is 2. The Bertz CT molecular complexity index is 756. The van der Waals surface area contributed by atoms with Gasteiger partial charge in [0, 0.05) is 27.9 Å². The van der Waals surface area contributed by atoms with E-state index in [1.54, 1.807) is 0 Å². The maximum absolute atomic E-state index is 6.07. The van der Waals surface area contributed by atoms with Gasteiger partial charge in [-0.15, -0.1) is 10.2 Å². The van der Waals surface area contributed by atoms with Crippen molar-refractivity contribution < 1.29 is 0 Å². The number of hydrogen-bond donors (Lipinski definition) is 1. The second-order valence-electron chi connectivity index (χ2n) is 4.48. The quantitative estimate of drug-likeness (QED) is 0.775. The van der Waals surface area contributed by atoms with Crippen molar-refractivity contribution in [3.63, 3.8) is 0 Å². The minimum absolute atomic E-state index is 0.698. The number of hydrogen-bond acceptors (Lipinski definition) is 3. The third kappa shape index (κ3) is 2.32. The van der Waals surface area contributed by atoms with Gasteiger partial charge in [0.2, 0.25) is 0 Å². The summed E-state index contributed by atoms with van der Waals surface area (Å²) in [5.41, 5.74) is 1.83. The molecule has 0 saturated heterocycles. The lowest BCUT2D eigenvalue weighted by Gasteiger charge is -2.10. The Labute approximate surface area is 122 Å². The summed E-state index contributed by atoms with van der Waals surface area (Å²) in [7, 11) is 0. The van der Waals surface area contributed by atoms with Crippen LogP contribution in [0.25, 0.3) is 22.0 Å². The first-order chi connectivity index (χ1) is 9.79. The first-order valence-corrected chi connectivity index (χ1v) is 6.92. The van der Waals surface area contributed by atoms with Gasteiger partial charge in [-0.1, -0.05) is 48.0 Å². The highest BCUT2D eigenvalue weighted by Crippen LogP contribution is 2.30. The van der Waals surface area contributed by atoms with Crippen LogP contribution < -0.4 is 5.32 Å². The third-order valence-corrected chi connectivity index (χ3v) is 3.36. The summed E-state index contributed by atoms with van der Waals surface area (Å²) >= 11 is 6.07. The van der Waals surface area contributed by atoms with E-state index in [9.17, 15) is 0 Å². The van der Waals surface area contributed by atoms with E-state index in [0.717, 1.165) is 34.4 Å². The molecule has 3 rings (SSSR count). The van der Waals surface area contributed by atoms with Crippen LogP contribution in [0.1, 0.15) is 6.92 Å². The van der Waals surface area contributed by atoms with E-state index in [1.165, 1.54) is 0 Å². The molecule has 0 unspecified atom stereocenters. The maximum atomic E-state index is 6.07. The average molecular weight is 284 g/mol. The zero-order valence-electron chi connectivity index (χ0n) is 11.1. The van der Waals surface area contributed by atoms with Gasteiger partial charge in [0.1, 0.15) is 5.69 Å². The summed E-state index contributed by atoms with van der Waals surface area (Å²) in [5.74, 6) is 0.814. The number of fused-ring (bicyclic) bond motifs is 1. The number of anilines is 1. The molecule has 2 aromatic carbocycles. The van der Waals surface area contributed by atoms with Gasteiger partial charge < -0.3 is 5.32 Å².